The molecule has 0 spiro atoms. The first-order valence-electron chi connectivity index (χ1n) is 5.61. The van der Waals surface area contributed by atoms with Gasteiger partial charge in [0.05, 0.1) is 22.3 Å². The molecule has 2 rings (SSSR count). The summed E-state index contributed by atoms with van der Waals surface area (Å²) in [6.07, 6.45) is 0. The third-order valence-corrected chi connectivity index (χ3v) is 4.29. The van der Waals surface area contributed by atoms with E-state index in [4.69, 9.17) is 22.6 Å². The third kappa shape index (κ3) is 3.24. The number of nitrogens with two attached hydrogens (primary N) is 1. The van der Waals surface area contributed by atoms with Gasteiger partial charge in [0.25, 0.3) is 10.0 Å². The molecule has 0 aliphatic rings. The average Bonchev–Trinajstić information content (AvgIpc) is 2.43. The zero-order valence-electron chi connectivity index (χ0n) is 10.5. The molecule has 0 bridgehead atoms. The number of benzene rings is 2. The van der Waals surface area contributed by atoms with Gasteiger partial charge in [-0.05, 0) is 36.4 Å². The molecule has 2 aromatic rings. The van der Waals surface area contributed by atoms with E-state index >= 15 is 0 Å². The fourth-order valence-corrected chi connectivity index (χ4v) is 3.00. The summed E-state index contributed by atoms with van der Waals surface area (Å²) in [5, 5.41) is 8.89. The van der Waals surface area contributed by atoms with Crippen LogP contribution in [0.15, 0.2) is 41.3 Å². The van der Waals surface area contributed by atoms with Crippen LogP contribution in [0.5, 0.6) is 0 Å². The van der Waals surface area contributed by atoms with E-state index in [1.165, 1.54) is 24.3 Å². The van der Waals surface area contributed by atoms with Crippen LogP contribution in [0.4, 0.5) is 15.8 Å². The number of nitrogens with one attached hydrogen (secondary N) is 1. The van der Waals surface area contributed by atoms with Gasteiger partial charge < -0.3 is 5.73 Å². The first kappa shape index (κ1) is 15.1. The SMILES string of the molecule is N#Cc1ccc(Cl)c(NS(=O)(=O)c2cc(N)ccc2F)c1. The van der Waals surface area contributed by atoms with E-state index in [0.717, 1.165) is 12.1 Å². The molecule has 21 heavy (non-hydrogen) atoms. The van der Waals surface area contributed by atoms with Gasteiger partial charge in [0, 0.05) is 5.69 Å². The molecule has 0 fully saturated rings. The van der Waals surface area contributed by atoms with Crippen molar-refractivity contribution in [3.05, 3.63) is 52.8 Å². The van der Waals surface area contributed by atoms with Crippen LogP contribution in [0.2, 0.25) is 5.02 Å². The minimum Gasteiger partial charge on any atom is -0.399 e. The van der Waals surface area contributed by atoms with Gasteiger partial charge in [-0.25, -0.2) is 12.8 Å². The number of rotatable bonds is 3. The van der Waals surface area contributed by atoms with Crippen molar-refractivity contribution in [1.82, 2.24) is 0 Å². The summed E-state index contributed by atoms with van der Waals surface area (Å²) in [4.78, 5) is -0.596. The normalized spacial score (nSPS) is 10.9. The number of hydrogen-bond acceptors (Lipinski definition) is 4. The zero-order chi connectivity index (χ0) is 15.6. The standard InChI is InChI=1S/C13H9ClFN3O2S/c14-10-3-1-8(7-16)5-12(10)18-21(19,20)13-6-9(17)2-4-11(13)15/h1-6,18H,17H2. The molecular formula is C13H9ClFN3O2S. The van der Waals surface area contributed by atoms with Gasteiger partial charge in [0.15, 0.2) is 0 Å². The first-order valence-corrected chi connectivity index (χ1v) is 7.47. The second-order valence-electron chi connectivity index (χ2n) is 4.10. The Morgan fingerprint density at radius 2 is 1.95 bits per heavy atom. The lowest BCUT2D eigenvalue weighted by atomic mass is 10.2. The van der Waals surface area contributed by atoms with Crippen LogP contribution < -0.4 is 10.5 Å². The molecule has 108 valence electrons. The number of nitrogens with zero attached hydrogens (tertiary/aromatic N) is 1. The van der Waals surface area contributed by atoms with E-state index in [1.54, 1.807) is 0 Å². The van der Waals surface area contributed by atoms with Crippen molar-refractivity contribution in [2.45, 2.75) is 4.90 Å². The van der Waals surface area contributed by atoms with Crippen molar-refractivity contribution >= 4 is 33.0 Å². The number of nitriles is 1. The Labute approximate surface area is 125 Å². The van der Waals surface area contributed by atoms with Crippen molar-refractivity contribution < 1.29 is 12.8 Å². The summed E-state index contributed by atoms with van der Waals surface area (Å²) in [7, 11) is -4.21. The Morgan fingerprint density at radius 1 is 1.24 bits per heavy atom. The van der Waals surface area contributed by atoms with Crippen LogP contribution >= 0.6 is 11.6 Å². The first-order chi connectivity index (χ1) is 9.83. The lowest BCUT2D eigenvalue weighted by Crippen LogP contribution is -2.15. The van der Waals surface area contributed by atoms with Crippen LogP contribution in [-0.4, -0.2) is 8.42 Å². The Hall–Kier alpha value is -2.30. The zero-order valence-corrected chi connectivity index (χ0v) is 12.0. The third-order valence-electron chi connectivity index (χ3n) is 2.58. The molecular weight excluding hydrogens is 317 g/mol. The largest absolute Gasteiger partial charge is 0.399 e. The molecule has 0 saturated carbocycles. The Balaban J connectivity index is 2.47. The summed E-state index contributed by atoms with van der Waals surface area (Å²) >= 11 is 5.86. The van der Waals surface area contributed by atoms with Crippen LogP contribution in [0.1, 0.15) is 5.56 Å². The molecule has 0 aliphatic carbocycles. The van der Waals surface area contributed by atoms with Crippen LogP contribution in [-0.2, 0) is 10.0 Å². The van der Waals surface area contributed by atoms with E-state index in [9.17, 15) is 12.8 Å². The molecule has 0 amide bonds. The summed E-state index contributed by atoms with van der Waals surface area (Å²) in [6, 6.07) is 9.11. The van der Waals surface area contributed by atoms with E-state index < -0.39 is 20.7 Å². The van der Waals surface area contributed by atoms with E-state index in [0.29, 0.717) is 0 Å². The van der Waals surface area contributed by atoms with Crippen molar-refractivity contribution in [1.29, 1.82) is 5.26 Å². The maximum Gasteiger partial charge on any atom is 0.264 e. The molecule has 0 atom stereocenters. The second-order valence-corrected chi connectivity index (χ2v) is 6.16. The van der Waals surface area contributed by atoms with Gasteiger partial charge in [-0.1, -0.05) is 11.6 Å². The molecule has 5 nitrogen and oxygen atoms in total. The van der Waals surface area contributed by atoms with Gasteiger partial charge in [-0.2, -0.15) is 5.26 Å². The quantitative estimate of drug-likeness (QED) is 0.848. The van der Waals surface area contributed by atoms with Crippen molar-refractivity contribution in [2.24, 2.45) is 0 Å². The van der Waals surface area contributed by atoms with Gasteiger partial charge in [-0.3, -0.25) is 4.72 Å². The predicted molar refractivity (Wildman–Crippen MR) is 77.8 cm³/mol. The Morgan fingerprint density at radius 3 is 2.62 bits per heavy atom. The van der Waals surface area contributed by atoms with Crippen molar-refractivity contribution in [3.63, 3.8) is 0 Å². The van der Waals surface area contributed by atoms with E-state index in [2.05, 4.69) is 4.72 Å². The fourth-order valence-electron chi connectivity index (χ4n) is 1.60. The number of halogens is 2. The Kier molecular flexibility index (Phi) is 4.02. The van der Waals surface area contributed by atoms with E-state index in [1.807, 2.05) is 6.07 Å². The van der Waals surface area contributed by atoms with Crippen molar-refractivity contribution in [2.75, 3.05) is 10.5 Å². The van der Waals surface area contributed by atoms with Crippen LogP contribution in [0, 0.1) is 17.1 Å². The minimum atomic E-state index is -4.21. The topological polar surface area (TPSA) is 96.0 Å². The number of nitrogen functional groups attached to an aromatic ring is 1. The summed E-state index contributed by atoms with van der Waals surface area (Å²) in [5.74, 6) is -0.940. The molecule has 0 saturated heterocycles. The molecule has 0 radical (unpaired) electrons. The van der Waals surface area contributed by atoms with Gasteiger partial charge in [0.2, 0.25) is 0 Å². The molecule has 0 heterocycles. The molecule has 0 aromatic heterocycles. The highest BCUT2D eigenvalue weighted by molar-refractivity contribution is 7.92. The maximum atomic E-state index is 13.7. The average molecular weight is 326 g/mol. The highest BCUT2D eigenvalue weighted by atomic mass is 35.5. The predicted octanol–water partition coefficient (Wildman–Crippen LogP) is 2.73. The molecule has 8 heteroatoms. The van der Waals surface area contributed by atoms with E-state index in [-0.39, 0.29) is 22.0 Å². The molecule has 3 N–H and O–H groups in total. The summed E-state index contributed by atoms with van der Waals surface area (Å²) in [5.41, 5.74) is 5.77. The monoisotopic (exact) mass is 325 g/mol. The second kappa shape index (κ2) is 5.60. The lowest BCUT2D eigenvalue weighted by molar-refractivity contribution is 0.570. The minimum absolute atomic E-state index is 0.0162. The number of hydrogen-bond donors (Lipinski definition) is 2. The van der Waals surface area contributed by atoms with Crippen molar-refractivity contribution in [3.8, 4) is 6.07 Å². The molecule has 0 aliphatic heterocycles. The highest BCUT2D eigenvalue weighted by Crippen LogP contribution is 2.27. The fraction of sp³-hybridized carbons (Fsp3) is 0. The van der Waals surface area contributed by atoms with Gasteiger partial charge in [-0.15, -0.1) is 0 Å². The summed E-state index contributed by atoms with van der Waals surface area (Å²) in [6.45, 7) is 0. The highest BCUT2D eigenvalue weighted by Gasteiger charge is 2.20. The number of sulfonamides is 1. The summed E-state index contributed by atoms with van der Waals surface area (Å²) < 4.78 is 40.1. The lowest BCUT2D eigenvalue weighted by Gasteiger charge is -2.11. The molecule has 2 aromatic carbocycles. The Bertz CT molecular complexity index is 847. The van der Waals surface area contributed by atoms with Crippen LogP contribution in [0.3, 0.4) is 0 Å². The smallest absolute Gasteiger partial charge is 0.264 e. The van der Waals surface area contributed by atoms with Gasteiger partial charge in [0.1, 0.15) is 10.7 Å². The van der Waals surface area contributed by atoms with Crippen LogP contribution in [0.25, 0.3) is 0 Å². The maximum absolute atomic E-state index is 13.7. The van der Waals surface area contributed by atoms with Gasteiger partial charge >= 0.3 is 0 Å². The number of anilines is 2. The molecule has 0 unspecified atom stereocenters.